The maximum absolute atomic E-state index is 13.2. The third-order valence-electron chi connectivity index (χ3n) is 3.81. The van der Waals surface area contributed by atoms with Gasteiger partial charge in [-0.15, -0.1) is 5.06 Å². The SMILES string of the molecule is O=C(ON1C[C@@H]2C[C@H](F)C(=O)[C@@H]2C1)c1ccccc1. The molecular formula is C14H14FNO3. The Morgan fingerprint density at radius 1 is 1.26 bits per heavy atom. The van der Waals surface area contributed by atoms with Crippen LogP contribution in [0.3, 0.4) is 0 Å². The summed E-state index contributed by atoms with van der Waals surface area (Å²) in [6.07, 6.45) is -1.08. The van der Waals surface area contributed by atoms with Gasteiger partial charge in [0.25, 0.3) is 0 Å². The third-order valence-corrected chi connectivity index (χ3v) is 3.81. The summed E-state index contributed by atoms with van der Waals surface area (Å²) < 4.78 is 13.2. The Balaban J connectivity index is 1.62. The first kappa shape index (κ1) is 12.3. The van der Waals surface area contributed by atoms with Gasteiger partial charge in [0.15, 0.2) is 12.0 Å². The predicted molar refractivity (Wildman–Crippen MR) is 64.9 cm³/mol. The topological polar surface area (TPSA) is 46.6 Å². The number of hydrogen-bond donors (Lipinski definition) is 0. The summed E-state index contributed by atoms with van der Waals surface area (Å²) in [5.74, 6) is -1.13. The lowest BCUT2D eigenvalue weighted by Gasteiger charge is -2.16. The molecule has 4 nitrogen and oxygen atoms in total. The van der Waals surface area contributed by atoms with E-state index in [1.165, 1.54) is 5.06 Å². The maximum atomic E-state index is 13.2. The second-order valence-electron chi connectivity index (χ2n) is 5.06. The molecule has 0 amide bonds. The number of benzene rings is 1. The van der Waals surface area contributed by atoms with Crippen LogP contribution in [0.5, 0.6) is 0 Å². The van der Waals surface area contributed by atoms with Crippen molar-refractivity contribution in [3.8, 4) is 0 Å². The van der Waals surface area contributed by atoms with Crippen molar-refractivity contribution in [1.82, 2.24) is 5.06 Å². The Bertz CT molecular complexity index is 505. The monoisotopic (exact) mass is 263 g/mol. The van der Waals surface area contributed by atoms with E-state index in [1.54, 1.807) is 24.3 Å². The fraction of sp³-hybridized carbons (Fsp3) is 0.429. The van der Waals surface area contributed by atoms with Gasteiger partial charge in [0, 0.05) is 19.0 Å². The van der Waals surface area contributed by atoms with Crippen molar-refractivity contribution in [2.75, 3.05) is 13.1 Å². The molecule has 3 rings (SSSR count). The molecule has 0 N–H and O–H groups in total. The van der Waals surface area contributed by atoms with Crippen LogP contribution in [0.1, 0.15) is 16.8 Å². The molecule has 1 aromatic carbocycles. The van der Waals surface area contributed by atoms with E-state index in [2.05, 4.69) is 0 Å². The van der Waals surface area contributed by atoms with Crippen LogP contribution in [0.4, 0.5) is 4.39 Å². The molecule has 2 fully saturated rings. The van der Waals surface area contributed by atoms with E-state index in [1.807, 2.05) is 6.07 Å². The first-order chi connectivity index (χ1) is 9.15. The Labute approximate surface area is 110 Å². The van der Waals surface area contributed by atoms with Gasteiger partial charge >= 0.3 is 5.97 Å². The highest BCUT2D eigenvalue weighted by molar-refractivity contribution is 5.90. The molecule has 0 radical (unpaired) electrons. The molecule has 100 valence electrons. The van der Waals surface area contributed by atoms with Gasteiger partial charge in [-0.05, 0) is 24.5 Å². The number of Topliss-reactive ketones (excluding diaryl/α,β-unsaturated/α-hetero) is 1. The number of carbonyl (C=O) groups excluding carboxylic acids is 2. The van der Waals surface area contributed by atoms with E-state index in [0.29, 0.717) is 18.7 Å². The quantitative estimate of drug-likeness (QED) is 0.813. The normalized spacial score (nSPS) is 30.4. The maximum Gasteiger partial charge on any atom is 0.357 e. The number of hydroxylamine groups is 2. The molecule has 1 saturated heterocycles. The second kappa shape index (κ2) is 4.74. The molecule has 0 bridgehead atoms. The van der Waals surface area contributed by atoms with Gasteiger partial charge in [0.05, 0.1) is 5.56 Å². The molecule has 5 heteroatoms. The van der Waals surface area contributed by atoms with Gasteiger partial charge in [-0.3, -0.25) is 4.79 Å². The van der Waals surface area contributed by atoms with Crippen LogP contribution < -0.4 is 0 Å². The van der Waals surface area contributed by atoms with Gasteiger partial charge in [-0.25, -0.2) is 9.18 Å². The molecule has 19 heavy (non-hydrogen) atoms. The molecule has 1 aliphatic carbocycles. The Hall–Kier alpha value is -1.75. The largest absolute Gasteiger partial charge is 0.364 e. The molecule has 2 aliphatic rings. The fourth-order valence-electron chi connectivity index (χ4n) is 2.83. The van der Waals surface area contributed by atoms with E-state index < -0.39 is 12.1 Å². The van der Waals surface area contributed by atoms with Crippen LogP contribution in [0, 0.1) is 11.8 Å². The lowest BCUT2D eigenvalue weighted by atomic mass is 10.0. The first-order valence-corrected chi connectivity index (χ1v) is 6.35. The number of halogens is 1. The lowest BCUT2D eigenvalue weighted by molar-refractivity contribution is -0.128. The molecule has 3 atom stereocenters. The standard InChI is InChI=1S/C14H14FNO3/c15-12-6-10-7-16(8-11(10)13(12)17)19-14(18)9-4-2-1-3-5-9/h1-5,10-12H,6-8H2/t10-,11+,12-/m0/s1. The van der Waals surface area contributed by atoms with Crippen LogP contribution in [0.15, 0.2) is 30.3 Å². The molecule has 1 heterocycles. The van der Waals surface area contributed by atoms with Crippen LogP contribution in [0.25, 0.3) is 0 Å². The minimum atomic E-state index is -1.33. The second-order valence-corrected chi connectivity index (χ2v) is 5.06. The molecule has 0 unspecified atom stereocenters. The number of ketones is 1. The molecule has 1 aromatic rings. The molecule has 0 spiro atoms. The summed E-state index contributed by atoms with van der Waals surface area (Å²) in [5.41, 5.74) is 0.467. The van der Waals surface area contributed by atoms with E-state index in [4.69, 9.17) is 4.84 Å². The Morgan fingerprint density at radius 2 is 2.00 bits per heavy atom. The summed E-state index contributed by atoms with van der Waals surface area (Å²) >= 11 is 0. The highest BCUT2D eigenvalue weighted by Gasteiger charge is 2.48. The van der Waals surface area contributed by atoms with Crippen molar-refractivity contribution in [2.24, 2.45) is 11.8 Å². The third kappa shape index (κ3) is 2.26. The molecule has 1 aliphatic heterocycles. The van der Waals surface area contributed by atoms with Gasteiger partial charge in [-0.1, -0.05) is 18.2 Å². The van der Waals surface area contributed by atoms with E-state index >= 15 is 0 Å². The minimum absolute atomic E-state index is 0.0222. The number of carbonyl (C=O) groups is 2. The lowest BCUT2D eigenvalue weighted by Crippen LogP contribution is -2.28. The highest BCUT2D eigenvalue weighted by Crippen LogP contribution is 2.37. The molecule has 1 saturated carbocycles. The smallest absolute Gasteiger partial charge is 0.357 e. The predicted octanol–water partition coefficient (Wildman–Crippen LogP) is 1.62. The summed E-state index contributed by atoms with van der Waals surface area (Å²) in [6, 6.07) is 8.67. The average Bonchev–Trinajstić information content (AvgIpc) is 2.91. The zero-order chi connectivity index (χ0) is 13.4. The van der Waals surface area contributed by atoms with E-state index in [-0.39, 0.29) is 24.0 Å². The average molecular weight is 263 g/mol. The Kier molecular flexibility index (Phi) is 3.06. The zero-order valence-corrected chi connectivity index (χ0v) is 10.3. The summed E-state index contributed by atoms with van der Waals surface area (Å²) in [6.45, 7) is 0.748. The van der Waals surface area contributed by atoms with Gasteiger partial charge < -0.3 is 4.84 Å². The van der Waals surface area contributed by atoms with Crippen molar-refractivity contribution in [2.45, 2.75) is 12.6 Å². The van der Waals surface area contributed by atoms with Crippen LogP contribution in [-0.2, 0) is 9.63 Å². The van der Waals surface area contributed by atoms with Crippen molar-refractivity contribution >= 4 is 11.8 Å². The van der Waals surface area contributed by atoms with Crippen molar-refractivity contribution in [3.05, 3.63) is 35.9 Å². The number of hydrogen-bond acceptors (Lipinski definition) is 4. The number of rotatable bonds is 2. The van der Waals surface area contributed by atoms with Crippen LogP contribution in [0.2, 0.25) is 0 Å². The summed E-state index contributed by atoms with van der Waals surface area (Å²) in [4.78, 5) is 28.6. The molecule has 0 aromatic heterocycles. The van der Waals surface area contributed by atoms with Gasteiger partial charge in [0.2, 0.25) is 0 Å². The summed E-state index contributed by atoms with van der Waals surface area (Å²) in [7, 11) is 0. The highest BCUT2D eigenvalue weighted by atomic mass is 19.1. The zero-order valence-electron chi connectivity index (χ0n) is 10.3. The van der Waals surface area contributed by atoms with Crippen LogP contribution >= 0.6 is 0 Å². The fourth-order valence-corrected chi connectivity index (χ4v) is 2.83. The van der Waals surface area contributed by atoms with Crippen molar-refractivity contribution in [1.29, 1.82) is 0 Å². The van der Waals surface area contributed by atoms with Crippen LogP contribution in [-0.4, -0.2) is 36.1 Å². The number of nitrogens with zero attached hydrogens (tertiary/aromatic N) is 1. The van der Waals surface area contributed by atoms with Gasteiger partial charge in [-0.2, -0.15) is 0 Å². The van der Waals surface area contributed by atoms with E-state index in [9.17, 15) is 14.0 Å². The van der Waals surface area contributed by atoms with Gasteiger partial charge in [0.1, 0.15) is 0 Å². The Morgan fingerprint density at radius 3 is 2.68 bits per heavy atom. The number of fused-ring (bicyclic) bond motifs is 1. The number of alkyl halides is 1. The minimum Gasteiger partial charge on any atom is -0.364 e. The first-order valence-electron chi connectivity index (χ1n) is 6.35. The van der Waals surface area contributed by atoms with Crippen molar-refractivity contribution in [3.63, 3.8) is 0 Å². The van der Waals surface area contributed by atoms with E-state index in [0.717, 1.165) is 0 Å². The molecular weight excluding hydrogens is 249 g/mol. The van der Waals surface area contributed by atoms with Crippen molar-refractivity contribution < 1.29 is 18.8 Å². The summed E-state index contributed by atoms with van der Waals surface area (Å²) in [5, 5.41) is 1.48.